The van der Waals surface area contributed by atoms with Gasteiger partial charge in [-0.25, -0.2) is 4.98 Å². The van der Waals surface area contributed by atoms with Gasteiger partial charge in [0.05, 0.1) is 16.7 Å². The van der Waals surface area contributed by atoms with Crippen LogP contribution in [-0.2, 0) is 6.42 Å². The fraction of sp³-hybridized carbons (Fsp3) is 0.812. The summed E-state index contributed by atoms with van der Waals surface area (Å²) in [6.07, 6.45) is 2.75. The molecule has 1 aliphatic carbocycles. The average Bonchev–Trinajstić information content (AvgIpc) is 2.82. The minimum absolute atomic E-state index is 0.164. The number of aliphatic hydroxyl groups excluding tert-OH is 1. The highest BCUT2D eigenvalue weighted by atomic mass is 32.1. The van der Waals surface area contributed by atoms with E-state index in [0.717, 1.165) is 54.7 Å². The van der Waals surface area contributed by atoms with Gasteiger partial charge in [0.2, 0.25) is 0 Å². The van der Waals surface area contributed by atoms with E-state index in [-0.39, 0.29) is 11.5 Å². The van der Waals surface area contributed by atoms with Crippen molar-refractivity contribution in [1.82, 2.24) is 9.88 Å². The second kappa shape index (κ2) is 5.86. The highest BCUT2D eigenvalue weighted by Crippen LogP contribution is 2.44. The van der Waals surface area contributed by atoms with E-state index >= 15 is 0 Å². The molecule has 1 unspecified atom stereocenters. The Morgan fingerprint density at radius 2 is 2.00 bits per heavy atom. The molecule has 5 heteroatoms. The van der Waals surface area contributed by atoms with E-state index in [1.807, 2.05) is 0 Å². The van der Waals surface area contributed by atoms with Gasteiger partial charge in [0, 0.05) is 26.2 Å². The second-order valence-corrected chi connectivity index (χ2v) is 8.21. The van der Waals surface area contributed by atoms with Crippen LogP contribution in [0, 0.1) is 5.41 Å². The molecule has 1 aromatic heterocycles. The van der Waals surface area contributed by atoms with Gasteiger partial charge in [-0.2, -0.15) is 0 Å². The first-order chi connectivity index (χ1) is 9.98. The molecule has 0 radical (unpaired) electrons. The van der Waals surface area contributed by atoms with Crippen LogP contribution in [-0.4, -0.2) is 47.7 Å². The summed E-state index contributed by atoms with van der Waals surface area (Å²) in [7, 11) is 0. The fourth-order valence-electron chi connectivity index (χ4n) is 3.49. The normalized spacial score (nSPS) is 25.9. The number of thiazole rings is 1. The SMILES string of the molecule is CCCN1CCN(c2nc3c(s2)C(O)CC(C)(C)C3)CC1. The molecule has 0 spiro atoms. The lowest BCUT2D eigenvalue weighted by atomic mass is 9.77. The van der Waals surface area contributed by atoms with Crippen LogP contribution < -0.4 is 4.90 Å². The van der Waals surface area contributed by atoms with Crippen molar-refractivity contribution in [2.45, 2.75) is 46.1 Å². The smallest absolute Gasteiger partial charge is 0.185 e. The van der Waals surface area contributed by atoms with Gasteiger partial charge < -0.3 is 10.0 Å². The average molecular weight is 309 g/mol. The van der Waals surface area contributed by atoms with Crippen LogP contribution in [0.15, 0.2) is 0 Å². The zero-order chi connectivity index (χ0) is 15.0. The van der Waals surface area contributed by atoms with Crippen molar-refractivity contribution in [2.24, 2.45) is 5.41 Å². The van der Waals surface area contributed by atoms with Gasteiger partial charge in [-0.1, -0.05) is 32.1 Å². The summed E-state index contributed by atoms with van der Waals surface area (Å²) < 4.78 is 0. The number of piperazine rings is 1. The van der Waals surface area contributed by atoms with E-state index in [1.54, 1.807) is 11.3 Å². The Bertz CT molecular complexity index is 492. The Labute approximate surface area is 131 Å². The van der Waals surface area contributed by atoms with E-state index in [9.17, 15) is 5.11 Å². The first-order valence-electron chi connectivity index (χ1n) is 8.13. The molecule has 1 atom stereocenters. The van der Waals surface area contributed by atoms with E-state index in [0.29, 0.717) is 0 Å². The van der Waals surface area contributed by atoms with Crippen molar-refractivity contribution in [3.63, 3.8) is 0 Å². The molecule has 1 N–H and O–H groups in total. The molecular formula is C16H27N3OS. The topological polar surface area (TPSA) is 39.6 Å². The highest BCUT2D eigenvalue weighted by Gasteiger charge is 2.35. The highest BCUT2D eigenvalue weighted by molar-refractivity contribution is 7.15. The predicted molar refractivity (Wildman–Crippen MR) is 88.1 cm³/mol. The molecule has 2 aliphatic rings. The summed E-state index contributed by atoms with van der Waals surface area (Å²) in [5.41, 5.74) is 1.30. The van der Waals surface area contributed by atoms with Crippen LogP contribution >= 0.6 is 11.3 Å². The Balaban J connectivity index is 1.71. The molecular weight excluding hydrogens is 282 g/mol. The molecule has 2 heterocycles. The molecule has 0 amide bonds. The Morgan fingerprint density at radius 1 is 1.29 bits per heavy atom. The fourth-order valence-corrected chi connectivity index (χ4v) is 4.61. The van der Waals surface area contributed by atoms with Crippen molar-refractivity contribution < 1.29 is 5.11 Å². The molecule has 3 rings (SSSR count). The van der Waals surface area contributed by atoms with Crippen molar-refractivity contribution >= 4 is 16.5 Å². The summed E-state index contributed by atoms with van der Waals surface area (Å²) in [5, 5.41) is 11.5. The van der Waals surface area contributed by atoms with Crippen LogP contribution in [0.25, 0.3) is 0 Å². The Morgan fingerprint density at radius 3 is 2.67 bits per heavy atom. The van der Waals surface area contributed by atoms with Crippen LogP contribution in [0.3, 0.4) is 0 Å². The van der Waals surface area contributed by atoms with Crippen molar-refractivity contribution in [3.05, 3.63) is 10.6 Å². The quantitative estimate of drug-likeness (QED) is 0.932. The summed E-state index contributed by atoms with van der Waals surface area (Å²) in [6.45, 7) is 12.3. The molecule has 0 bridgehead atoms. The third-order valence-electron chi connectivity index (χ3n) is 4.59. The standard InChI is InChI=1S/C16H27N3OS/c1-4-5-18-6-8-19(9-7-18)15-17-12-10-16(2,3)11-13(20)14(12)21-15/h13,20H,4-11H2,1-3H3. The van der Waals surface area contributed by atoms with Gasteiger partial charge in [0.15, 0.2) is 5.13 Å². The molecule has 1 aliphatic heterocycles. The monoisotopic (exact) mass is 309 g/mol. The van der Waals surface area contributed by atoms with E-state index in [1.165, 1.54) is 13.0 Å². The lowest BCUT2D eigenvalue weighted by Crippen LogP contribution is -2.46. The van der Waals surface area contributed by atoms with Crippen LogP contribution in [0.4, 0.5) is 5.13 Å². The molecule has 1 saturated heterocycles. The maximum atomic E-state index is 10.4. The Kier molecular flexibility index (Phi) is 4.26. The second-order valence-electron chi connectivity index (χ2n) is 7.20. The lowest BCUT2D eigenvalue weighted by molar-refractivity contribution is 0.102. The summed E-state index contributed by atoms with van der Waals surface area (Å²) in [5.74, 6) is 0. The molecule has 1 fully saturated rings. The molecule has 0 aromatic carbocycles. The summed E-state index contributed by atoms with van der Waals surface area (Å²) in [4.78, 5) is 10.9. The number of aromatic nitrogens is 1. The van der Waals surface area contributed by atoms with E-state index in [4.69, 9.17) is 4.98 Å². The minimum Gasteiger partial charge on any atom is -0.387 e. The maximum Gasteiger partial charge on any atom is 0.185 e. The van der Waals surface area contributed by atoms with Crippen molar-refractivity contribution in [1.29, 1.82) is 0 Å². The molecule has 0 saturated carbocycles. The summed E-state index contributed by atoms with van der Waals surface area (Å²) >= 11 is 1.71. The number of hydrogen-bond acceptors (Lipinski definition) is 5. The van der Waals surface area contributed by atoms with Crippen LogP contribution in [0.5, 0.6) is 0 Å². The number of fused-ring (bicyclic) bond motifs is 1. The number of rotatable bonds is 3. The lowest BCUT2D eigenvalue weighted by Gasteiger charge is -2.34. The Hall–Kier alpha value is -0.650. The van der Waals surface area contributed by atoms with Crippen LogP contribution in [0.2, 0.25) is 0 Å². The van der Waals surface area contributed by atoms with Gasteiger partial charge in [-0.05, 0) is 31.2 Å². The number of aliphatic hydroxyl groups is 1. The maximum absolute atomic E-state index is 10.4. The largest absolute Gasteiger partial charge is 0.387 e. The predicted octanol–water partition coefficient (Wildman–Crippen LogP) is 2.68. The number of hydrogen-bond donors (Lipinski definition) is 1. The van der Waals surface area contributed by atoms with E-state index in [2.05, 4.69) is 30.6 Å². The van der Waals surface area contributed by atoms with Gasteiger partial charge in [0.1, 0.15) is 0 Å². The van der Waals surface area contributed by atoms with Gasteiger partial charge in [0.25, 0.3) is 0 Å². The number of nitrogens with zero attached hydrogens (tertiary/aromatic N) is 3. The van der Waals surface area contributed by atoms with Gasteiger partial charge in [-0.3, -0.25) is 4.90 Å². The number of anilines is 1. The zero-order valence-corrected chi connectivity index (χ0v) is 14.2. The molecule has 118 valence electrons. The minimum atomic E-state index is -0.323. The van der Waals surface area contributed by atoms with Crippen LogP contribution in [0.1, 0.15) is 50.3 Å². The zero-order valence-electron chi connectivity index (χ0n) is 13.4. The summed E-state index contributed by atoms with van der Waals surface area (Å²) in [6, 6.07) is 0. The third-order valence-corrected chi connectivity index (χ3v) is 5.85. The van der Waals surface area contributed by atoms with Crippen molar-refractivity contribution in [2.75, 3.05) is 37.6 Å². The third kappa shape index (κ3) is 3.25. The van der Waals surface area contributed by atoms with Gasteiger partial charge in [-0.15, -0.1) is 0 Å². The molecule has 21 heavy (non-hydrogen) atoms. The molecule has 1 aromatic rings. The molecule has 4 nitrogen and oxygen atoms in total. The van der Waals surface area contributed by atoms with Gasteiger partial charge >= 0.3 is 0 Å². The van der Waals surface area contributed by atoms with E-state index < -0.39 is 0 Å². The first kappa shape index (κ1) is 15.3. The van der Waals surface area contributed by atoms with Crippen molar-refractivity contribution in [3.8, 4) is 0 Å². The first-order valence-corrected chi connectivity index (χ1v) is 8.95.